The number of aromatic nitrogens is 6. The van der Waals surface area contributed by atoms with E-state index in [1.165, 1.54) is 39.7 Å². The van der Waals surface area contributed by atoms with Gasteiger partial charge in [0, 0.05) is 24.9 Å². The fourth-order valence-electron chi connectivity index (χ4n) is 4.64. The first kappa shape index (κ1) is 20.4. The van der Waals surface area contributed by atoms with E-state index in [4.69, 9.17) is 16.7 Å². The third-order valence-corrected chi connectivity index (χ3v) is 6.52. The third-order valence-electron chi connectivity index (χ3n) is 6.21. The standard InChI is InChI=1S/C23H16ClFN8O/c1-12-10-31(21-17-13(8-26)9-27-20(17)28-11-29-21)18(12)22-30-32-7-6-16(24)19(32)23(34)33(22)15-4-2-14(25)3-5-15/h2-7,9,11-12,18H,10H2,1H3,(H,27,28,29)/t12-,18-/m0/s1. The molecule has 34 heavy (non-hydrogen) atoms. The molecule has 5 aromatic rings. The number of nitrogens with one attached hydrogen (secondary N) is 1. The van der Waals surface area contributed by atoms with Crippen LogP contribution in [0.5, 0.6) is 0 Å². The Hall–Kier alpha value is -4.23. The molecule has 0 saturated carbocycles. The van der Waals surface area contributed by atoms with Gasteiger partial charge >= 0.3 is 0 Å². The minimum absolute atomic E-state index is 0.108. The lowest BCUT2D eigenvalue weighted by molar-refractivity contribution is 0.301. The van der Waals surface area contributed by atoms with Gasteiger partial charge in [0.1, 0.15) is 35.2 Å². The van der Waals surface area contributed by atoms with Crippen molar-refractivity contribution in [3.63, 3.8) is 0 Å². The van der Waals surface area contributed by atoms with Gasteiger partial charge in [-0.05, 0) is 30.3 Å². The van der Waals surface area contributed by atoms with Crippen LogP contribution in [-0.2, 0) is 0 Å². The first-order valence-corrected chi connectivity index (χ1v) is 10.9. The van der Waals surface area contributed by atoms with Crippen LogP contribution in [0.15, 0.2) is 53.8 Å². The molecule has 9 nitrogen and oxygen atoms in total. The fourth-order valence-corrected chi connectivity index (χ4v) is 4.86. The Labute approximate surface area is 196 Å². The Morgan fingerprint density at radius 1 is 1.24 bits per heavy atom. The van der Waals surface area contributed by atoms with Crippen molar-refractivity contribution in [1.29, 1.82) is 5.26 Å². The van der Waals surface area contributed by atoms with Gasteiger partial charge < -0.3 is 9.88 Å². The van der Waals surface area contributed by atoms with Crippen molar-refractivity contribution in [2.45, 2.75) is 13.0 Å². The molecular formula is C23H16ClFN8O. The summed E-state index contributed by atoms with van der Waals surface area (Å²) < 4.78 is 16.6. The minimum Gasteiger partial charge on any atom is -0.345 e. The summed E-state index contributed by atoms with van der Waals surface area (Å²) in [5, 5.41) is 15.2. The zero-order chi connectivity index (χ0) is 23.6. The Kier molecular flexibility index (Phi) is 4.43. The minimum atomic E-state index is -0.411. The maximum absolute atomic E-state index is 13.7. The van der Waals surface area contributed by atoms with E-state index in [0.717, 1.165) is 0 Å². The molecule has 5 heterocycles. The summed E-state index contributed by atoms with van der Waals surface area (Å²) in [4.78, 5) is 27.3. The topological polar surface area (TPSA) is 108 Å². The molecular weight excluding hydrogens is 459 g/mol. The number of nitrogens with zero attached hydrogens (tertiary/aromatic N) is 7. The molecule has 4 aromatic heterocycles. The summed E-state index contributed by atoms with van der Waals surface area (Å²) in [6.07, 6.45) is 4.67. The largest absolute Gasteiger partial charge is 0.345 e. The molecule has 1 aliphatic heterocycles. The van der Waals surface area contributed by atoms with Crippen molar-refractivity contribution < 1.29 is 4.39 Å². The molecule has 0 amide bonds. The lowest BCUT2D eigenvalue weighted by Crippen LogP contribution is -2.51. The van der Waals surface area contributed by atoms with E-state index in [1.54, 1.807) is 18.5 Å². The number of halogens is 2. The van der Waals surface area contributed by atoms with E-state index in [0.29, 0.717) is 40.5 Å². The van der Waals surface area contributed by atoms with Crippen LogP contribution in [-0.4, -0.2) is 35.7 Å². The first-order chi connectivity index (χ1) is 16.5. The molecule has 0 radical (unpaired) electrons. The molecule has 1 aliphatic rings. The zero-order valence-corrected chi connectivity index (χ0v) is 18.5. The predicted octanol–water partition coefficient (Wildman–Crippen LogP) is 3.62. The number of hydrogen-bond acceptors (Lipinski definition) is 6. The van der Waals surface area contributed by atoms with Gasteiger partial charge in [0.05, 0.1) is 27.7 Å². The summed E-state index contributed by atoms with van der Waals surface area (Å²) in [6, 6.07) is 9.10. The van der Waals surface area contributed by atoms with Crippen LogP contribution in [0.4, 0.5) is 10.2 Å². The summed E-state index contributed by atoms with van der Waals surface area (Å²) in [5.74, 6) is 0.732. The van der Waals surface area contributed by atoms with Crippen LogP contribution in [0.1, 0.15) is 24.4 Å². The molecule has 6 rings (SSSR count). The molecule has 0 unspecified atom stereocenters. The maximum atomic E-state index is 13.7. The molecule has 2 atom stereocenters. The van der Waals surface area contributed by atoms with Gasteiger partial charge in [-0.1, -0.05) is 18.5 Å². The van der Waals surface area contributed by atoms with Crippen LogP contribution in [0, 0.1) is 23.1 Å². The highest BCUT2D eigenvalue weighted by atomic mass is 35.5. The lowest BCUT2D eigenvalue weighted by atomic mass is 9.89. The predicted molar refractivity (Wildman–Crippen MR) is 124 cm³/mol. The van der Waals surface area contributed by atoms with Gasteiger partial charge in [-0.2, -0.15) is 10.4 Å². The number of hydrogen-bond donors (Lipinski definition) is 1. The van der Waals surface area contributed by atoms with E-state index < -0.39 is 5.82 Å². The highest BCUT2D eigenvalue weighted by molar-refractivity contribution is 6.33. The molecule has 168 valence electrons. The van der Waals surface area contributed by atoms with Gasteiger partial charge in [0.2, 0.25) is 0 Å². The Balaban J connectivity index is 1.60. The molecule has 1 saturated heterocycles. The van der Waals surface area contributed by atoms with Crippen molar-refractivity contribution in [2.75, 3.05) is 11.4 Å². The van der Waals surface area contributed by atoms with Gasteiger partial charge in [0.15, 0.2) is 5.82 Å². The van der Waals surface area contributed by atoms with E-state index in [9.17, 15) is 14.4 Å². The zero-order valence-electron chi connectivity index (χ0n) is 17.8. The second-order valence-electron chi connectivity index (χ2n) is 8.24. The second-order valence-corrected chi connectivity index (χ2v) is 8.65. The number of rotatable bonds is 3. The van der Waals surface area contributed by atoms with Crippen molar-refractivity contribution in [3.8, 4) is 11.8 Å². The smallest absolute Gasteiger partial charge is 0.284 e. The van der Waals surface area contributed by atoms with Crippen LogP contribution in [0.3, 0.4) is 0 Å². The fraction of sp³-hybridized carbons (Fsp3) is 0.174. The van der Waals surface area contributed by atoms with Crippen molar-refractivity contribution >= 4 is 34.0 Å². The molecule has 0 bridgehead atoms. The SMILES string of the molecule is C[C@H]1CN(c2ncnc3[nH]cc(C#N)c23)[C@@H]1c1nn2ccc(Cl)c2c(=O)n1-c1ccc(F)cc1. The second kappa shape index (κ2) is 7.40. The van der Waals surface area contributed by atoms with Gasteiger partial charge in [-0.15, -0.1) is 0 Å². The Morgan fingerprint density at radius 3 is 2.76 bits per heavy atom. The van der Waals surface area contributed by atoms with Crippen LogP contribution in [0.2, 0.25) is 5.02 Å². The highest BCUT2D eigenvalue weighted by Gasteiger charge is 2.42. The van der Waals surface area contributed by atoms with E-state index in [2.05, 4.69) is 27.9 Å². The van der Waals surface area contributed by atoms with Crippen molar-refractivity contribution in [2.24, 2.45) is 5.92 Å². The Morgan fingerprint density at radius 2 is 2.03 bits per heavy atom. The Bertz CT molecular complexity index is 1680. The highest BCUT2D eigenvalue weighted by Crippen LogP contribution is 2.43. The molecule has 11 heteroatoms. The van der Waals surface area contributed by atoms with E-state index in [1.807, 2.05) is 4.90 Å². The van der Waals surface area contributed by atoms with Crippen LogP contribution in [0.25, 0.3) is 22.2 Å². The quantitative estimate of drug-likeness (QED) is 0.428. The van der Waals surface area contributed by atoms with Crippen molar-refractivity contribution in [1.82, 2.24) is 29.1 Å². The summed E-state index contributed by atoms with van der Waals surface area (Å²) in [7, 11) is 0. The van der Waals surface area contributed by atoms with Gasteiger partial charge in [-0.3, -0.25) is 9.36 Å². The molecule has 0 aliphatic carbocycles. The maximum Gasteiger partial charge on any atom is 0.284 e. The van der Waals surface area contributed by atoms with Crippen molar-refractivity contribution in [3.05, 3.63) is 81.6 Å². The average molecular weight is 475 g/mol. The number of aromatic amines is 1. The monoisotopic (exact) mass is 474 g/mol. The van der Waals surface area contributed by atoms with E-state index >= 15 is 0 Å². The lowest BCUT2D eigenvalue weighted by Gasteiger charge is -2.47. The number of nitriles is 1. The summed E-state index contributed by atoms with van der Waals surface area (Å²) in [6.45, 7) is 2.69. The molecule has 0 spiro atoms. The first-order valence-electron chi connectivity index (χ1n) is 10.5. The van der Waals surface area contributed by atoms with E-state index in [-0.39, 0.29) is 28.1 Å². The summed E-state index contributed by atoms with van der Waals surface area (Å²) in [5.41, 5.74) is 1.32. The van der Waals surface area contributed by atoms with Gasteiger partial charge in [0.25, 0.3) is 5.56 Å². The molecule has 1 aromatic carbocycles. The summed E-state index contributed by atoms with van der Waals surface area (Å²) >= 11 is 6.29. The molecule has 1 N–H and O–H groups in total. The number of anilines is 1. The average Bonchev–Trinajstić information content (AvgIpc) is 3.42. The number of fused-ring (bicyclic) bond motifs is 2. The number of H-pyrrole nitrogens is 1. The third kappa shape index (κ3) is 2.84. The number of benzene rings is 1. The normalized spacial score (nSPS) is 17.8. The van der Waals surface area contributed by atoms with Crippen LogP contribution >= 0.6 is 11.6 Å². The van der Waals surface area contributed by atoms with Crippen LogP contribution < -0.4 is 10.5 Å². The van der Waals surface area contributed by atoms with Gasteiger partial charge in [-0.25, -0.2) is 18.9 Å². The molecule has 1 fully saturated rings.